The molecule has 1 amide bonds. The van der Waals surface area contributed by atoms with Gasteiger partial charge in [0.1, 0.15) is 5.75 Å². The van der Waals surface area contributed by atoms with Gasteiger partial charge >= 0.3 is 12.6 Å². The fourth-order valence-corrected chi connectivity index (χ4v) is 2.75. The van der Waals surface area contributed by atoms with Crippen LogP contribution < -0.4 is 10.1 Å². The van der Waals surface area contributed by atoms with E-state index >= 15 is 0 Å². The highest BCUT2D eigenvalue weighted by Crippen LogP contribution is 2.25. The van der Waals surface area contributed by atoms with Gasteiger partial charge in [0, 0.05) is 0 Å². The average molecular weight is 385 g/mol. The number of rotatable bonds is 7. The molecule has 3 aromatic rings. The molecule has 1 N–H and O–H groups in total. The Morgan fingerprint density at radius 1 is 0.929 bits per heavy atom. The summed E-state index contributed by atoms with van der Waals surface area (Å²) >= 11 is 0. The van der Waals surface area contributed by atoms with Gasteiger partial charge in [0.25, 0.3) is 5.91 Å². The molecular formula is C21H17F2NO4. The maximum Gasteiger partial charge on any atom is 0.387 e. The zero-order valence-corrected chi connectivity index (χ0v) is 14.7. The number of hydrogen-bond acceptors (Lipinski definition) is 4. The van der Waals surface area contributed by atoms with Crippen molar-refractivity contribution in [3.05, 3.63) is 72.3 Å². The van der Waals surface area contributed by atoms with Crippen LogP contribution in [0.2, 0.25) is 0 Å². The summed E-state index contributed by atoms with van der Waals surface area (Å²) in [7, 11) is 0. The molecule has 0 unspecified atom stereocenters. The molecule has 3 rings (SSSR count). The number of amides is 1. The molecular weight excluding hydrogens is 368 g/mol. The number of benzene rings is 3. The Hall–Kier alpha value is -3.48. The van der Waals surface area contributed by atoms with Gasteiger partial charge in [-0.1, -0.05) is 54.6 Å². The lowest BCUT2D eigenvalue weighted by Gasteiger charge is -2.12. The normalized spacial score (nSPS) is 10.7. The van der Waals surface area contributed by atoms with Crippen LogP contribution in [0.3, 0.4) is 0 Å². The molecule has 0 aliphatic rings. The van der Waals surface area contributed by atoms with E-state index in [2.05, 4.69) is 10.1 Å². The maximum atomic E-state index is 12.4. The van der Waals surface area contributed by atoms with Crippen molar-refractivity contribution in [1.82, 2.24) is 0 Å². The van der Waals surface area contributed by atoms with E-state index in [4.69, 9.17) is 4.74 Å². The molecule has 5 nitrogen and oxygen atoms in total. The zero-order chi connectivity index (χ0) is 19.9. The lowest BCUT2D eigenvalue weighted by atomic mass is 10.0. The zero-order valence-electron chi connectivity index (χ0n) is 14.7. The van der Waals surface area contributed by atoms with Gasteiger partial charge < -0.3 is 14.8 Å². The smallest absolute Gasteiger partial charge is 0.387 e. The van der Waals surface area contributed by atoms with Crippen molar-refractivity contribution in [2.45, 2.75) is 13.0 Å². The summed E-state index contributed by atoms with van der Waals surface area (Å²) in [6.45, 7) is -3.55. The summed E-state index contributed by atoms with van der Waals surface area (Å²) in [6.07, 6.45) is 0.0136. The third kappa shape index (κ3) is 5.03. The van der Waals surface area contributed by atoms with Crippen molar-refractivity contribution < 1.29 is 27.8 Å². The number of ether oxygens (including phenoxy) is 2. The molecule has 0 aliphatic carbocycles. The van der Waals surface area contributed by atoms with E-state index in [0.717, 1.165) is 16.3 Å². The monoisotopic (exact) mass is 385 g/mol. The number of nitrogens with one attached hydrogen (secondary N) is 1. The molecule has 28 heavy (non-hydrogen) atoms. The molecule has 0 aliphatic heterocycles. The Kier molecular flexibility index (Phi) is 6.16. The van der Waals surface area contributed by atoms with Crippen LogP contribution in [-0.4, -0.2) is 25.1 Å². The second kappa shape index (κ2) is 8.94. The van der Waals surface area contributed by atoms with E-state index in [-0.39, 0.29) is 17.9 Å². The highest BCUT2D eigenvalue weighted by molar-refractivity contribution is 5.94. The average Bonchev–Trinajstić information content (AvgIpc) is 2.68. The molecule has 0 spiro atoms. The summed E-state index contributed by atoms with van der Waals surface area (Å²) in [5.74, 6) is -1.40. The van der Waals surface area contributed by atoms with Gasteiger partial charge in [-0.2, -0.15) is 8.78 Å². The van der Waals surface area contributed by atoms with Crippen LogP contribution >= 0.6 is 0 Å². The van der Waals surface area contributed by atoms with Gasteiger partial charge in [-0.3, -0.25) is 9.59 Å². The standard InChI is InChI=1S/C21H17F2NO4/c22-21(23)28-18-11-4-3-10-17(18)24-19(25)13-27-20(26)12-15-8-5-7-14-6-1-2-9-16(14)15/h1-11,21H,12-13H2,(H,24,25). The Morgan fingerprint density at radius 3 is 2.46 bits per heavy atom. The molecule has 3 aromatic carbocycles. The number of anilines is 1. The second-order valence-electron chi connectivity index (χ2n) is 5.90. The van der Waals surface area contributed by atoms with Gasteiger partial charge in [-0.05, 0) is 28.5 Å². The van der Waals surface area contributed by atoms with E-state index in [1.165, 1.54) is 18.2 Å². The van der Waals surface area contributed by atoms with Crippen LogP contribution in [0.4, 0.5) is 14.5 Å². The van der Waals surface area contributed by atoms with E-state index in [9.17, 15) is 18.4 Å². The number of carbonyl (C=O) groups is 2. The van der Waals surface area contributed by atoms with E-state index < -0.39 is 25.1 Å². The molecule has 0 fully saturated rings. The van der Waals surface area contributed by atoms with E-state index in [0.29, 0.717) is 0 Å². The van der Waals surface area contributed by atoms with Crippen LogP contribution in [-0.2, 0) is 20.7 Å². The topological polar surface area (TPSA) is 64.6 Å². The lowest BCUT2D eigenvalue weighted by molar-refractivity contribution is -0.146. The van der Waals surface area contributed by atoms with Gasteiger partial charge in [0.15, 0.2) is 6.61 Å². The minimum absolute atomic E-state index is 0.0136. The Balaban J connectivity index is 1.57. The second-order valence-corrected chi connectivity index (χ2v) is 5.90. The number of fused-ring (bicyclic) bond motifs is 1. The van der Waals surface area contributed by atoms with Crippen LogP contribution in [0.5, 0.6) is 5.75 Å². The number of para-hydroxylation sites is 2. The van der Waals surface area contributed by atoms with E-state index in [1.807, 2.05) is 42.5 Å². The summed E-state index contributed by atoms with van der Waals surface area (Å²) in [5, 5.41) is 4.33. The van der Waals surface area contributed by atoms with Gasteiger partial charge in [0.05, 0.1) is 12.1 Å². The number of halogens is 2. The van der Waals surface area contributed by atoms with Crippen LogP contribution in [0.15, 0.2) is 66.7 Å². The molecule has 144 valence electrons. The van der Waals surface area contributed by atoms with Crippen molar-refractivity contribution in [2.75, 3.05) is 11.9 Å². The molecule has 7 heteroatoms. The number of alkyl halides is 2. The number of hydrogen-bond donors (Lipinski definition) is 1. The van der Waals surface area contributed by atoms with E-state index in [1.54, 1.807) is 6.07 Å². The van der Waals surface area contributed by atoms with Crippen molar-refractivity contribution in [2.24, 2.45) is 0 Å². The molecule has 0 radical (unpaired) electrons. The van der Waals surface area contributed by atoms with Gasteiger partial charge in [-0.25, -0.2) is 0 Å². The van der Waals surface area contributed by atoms with Crippen molar-refractivity contribution in [3.63, 3.8) is 0 Å². The first-order valence-electron chi connectivity index (χ1n) is 8.49. The highest BCUT2D eigenvalue weighted by atomic mass is 19.3. The SMILES string of the molecule is O=C(COC(=O)Cc1cccc2ccccc12)Nc1ccccc1OC(F)F. The fraction of sp³-hybridized carbons (Fsp3) is 0.143. The number of esters is 1. The summed E-state index contributed by atoms with van der Waals surface area (Å²) in [6, 6.07) is 19.0. The summed E-state index contributed by atoms with van der Waals surface area (Å²) < 4.78 is 34.2. The first kappa shape index (κ1) is 19.3. The third-order valence-electron chi connectivity index (χ3n) is 3.96. The van der Waals surface area contributed by atoms with Gasteiger partial charge in [0.2, 0.25) is 0 Å². The van der Waals surface area contributed by atoms with Crippen LogP contribution in [0, 0.1) is 0 Å². The lowest BCUT2D eigenvalue weighted by Crippen LogP contribution is -2.22. The minimum atomic E-state index is -3.02. The number of carbonyl (C=O) groups excluding carboxylic acids is 2. The molecule has 0 bridgehead atoms. The molecule has 0 aromatic heterocycles. The van der Waals surface area contributed by atoms with Crippen molar-refractivity contribution in [3.8, 4) is 5.75 Å². The van der Waals surface area contributed by atoms with Crippen LogP contribution in [0.25, 0.3) is 10.8 Å². The largest absolute Gasteiger partial charge is 0.455 e. The molecule has 0 atom stereocenters. The first-order chi connectivity index (χ1) is 13.5. The van der Waals surface area contributed by atoms with Crippen LogP contribution in [0.1, 0.15) is 5.56 Å². The molecule has 0 saturated heterocycles. The predicted octanol–water partition coefficient (Wildman–Crippen LogP) is 4.17. The third-order valence-corrected chi connectivity index (χ3v) is 3.96. The Morgan fingerprint density at radius 2 is 1.64 bits per heavy atom. The fourth-order valence-electron chi connectivity index (χ4n) is 2.75. The minimum Gasteiger partial charge on any atom is -0.455 e. The Bertz CT molecular complexity index is 986. The molecule has 0 heterocycles. The molecule has 0 saturated carbocycles. The summed E-state index contributed by atoms with van der Waals surface area (Å²) in [5.41, 5.74) is 0.858. The van der Waals surface area contributed by atoms with Crippen molar-refractivity contribution in [1.29, 1.82) is 0 Å². The summed E-state index contributed by atoms with van der Waals surface area (Å²) in [4.78, 5) is 24.1. The maximum absolute atomic E-state index is 12.4. The predicted molar refractivity (Wildman–Crippen MR) is 100 cm³/mol. The first-order valence-corrected chi connectivity index (χ1v) is 8.49. The van der Waals surface area contributed by atoms with Gasteiger partial charge in [-0.15, -0.1) is 0 Å². The highest BCUT2D eigenvalue weighted by Gasteiger charge is 2.14. The Labute approximate surface area is 159 Å². The van der Waals surface area contributed by atoms with Crippen molar-refractivity contribution >= 4 is 28.3 Å². The quantitative estimate of drug-likeness (QED) is 0.620.